The highest BCUT2D eigenvalue weighted by atomic mass is 19.1. The maximum Gasteiger partial charge on any atom is 0.354 e. The number of rotatable bonds is 3. The van der Waals surface area contributed by atoms with Crippen LogP contribution in [0.2, 0.25) is 0 Å². The minimum atomic E-state index is -1.10. The number of hydrogen-bond acceptors (Lipinski definition) is 3. The van der Waals surface area contributed by atoms with Gasteiger partial charge in [0.05, 0.1) is 7.11 Å². The molecule has 0 aliphatic heterocycles. The van der Waals surface area contributed by atoms with Gasteiger partial charge in [-0.1, -0.05) is 0 Å². The third-order valence-corrected chi connectivity index (χ3v) is 2.95. The molecule has 100 valence electrons. The summed E-state index contributed by atoms with van der Waals surface area (Å²) in [6.07, 6.45) is 0. The summed E-state index contributed by atoms with van der Waals surface area (Å²) in [4.78, 5) is 15.4. The van der Waals surface area contributed by atoms with Crippen LogP contribution < -0.4 is 4.74 Å². The van der Waals surface area contributed by atoms with E-state index < -0.39 is 11.8 Å². The molecule has 1 N–H and O–H groups in total. The monoisotopic (exact) mass is 264 g/mol. The molecule has 0 aliphatic carbocycles. The third-order valence-electron chi connectivity index (χ3n) is 2.95. The zero-order valence-electron chi connectivity index (χ0n) is 10.8. The van der Waals surface area contributed by atoms with Gasteiger partial charge >= 0.3 is 5.97 Å². The number of aromatic carboxylic acids is 1. The van der Waals surface area contributed by atoms with E-state index in [2.05, 4.69) is 4.98 Å². The van der Waals surface area contributed by atoms with Crippen LogP contribution in [0.15, 0.2) is 18.2 Å². The Labute approximate surface area is 109 Å². The molecule has 1 aromatic carbocycles. The quantitative estimate of drug-likeness (QED) is 0.923. The molecule has 6 heteroatoms. The molecule has 0 fully saturated rings. The number of carbonyl (C=O) groups is 1. The fourth-order valence-electron chi connectivity index (χ4n) is 1.87. The first-order valence-corrected chi connectivity index (χ1v) is 5.56. The summed E-state index contributed by atoms with van der Waals surface area (Å²) >= 11 is 0. The summed E-state index contributed by atoms with van der Waals surface area (Å²) in [6.45, 7) is 1.69. The molecular weight excluding hydrogens is 251 g/mol. The maximum atomic E-state index is 13.7. The molecule has 0 aliphatic rings. The van der Waals surface area contributed by atoms with E-state index in [0.717, 1.165) is 0 Å². The minimum absolute atomic E-state index is 0.0297. The average Bonchev–Trinajstić information content (AvgIpc) is 2.66. The summed E-state index contributed by atoms with van der Waals surface area (Å²) in [5.74, 6) is -1.01. The summed E-state index contributed by atoms with van der Waals surface area (Å²) in [5.41, 5.74) is 0.676. The number of ether oxygens (including phenoxy) is 1. The number of nitrogens with zero attached hydrogens (tertiary/aromatic N) is 2. The minimum Gasteiger partial charge on any atom is -0.494 e. The number of halogens is 1. The van der Waals surface area contributed by atoms with Crippen molar-refractivity contribution in [3.8, 4) is 17.0 Å². The molecule has 1 heterocycles. The molecule has 2 aromatic rings. The molecule has 0 radical (unpaired) electrons. The normalized spacial score (nSPS) is 10.5. The highest BCUT2D eigenvalue weighted by molar-refractivity contribution is 5.93. The van der Waals surface area contributed by atoms with Crippen molar-refractivity contribution in [2.45, 2.75) is 6.92 Å². The van der Waals surface area contributed by atoms with E-state index in [0.29, 0.717) is 11.4 Å². The van der Waals surface area contributed by atoms with Crippen LogP contribution in [0.3, 0.4) is 0 Å². The Bertz CT molecular complexity index is 650. The number of carboxylic acid groups (broad SMARTS) is 1. The lowest BCUT2D eigenvalue weighted by molar-refractivity contribution is 0.0687. The van der Waals surface area contributed by atoms with Crippen LogP contribution in [0, 0.1) is 12.7 Å². The Morgan fingerprint density at radius 3 is 2.68 bits per heavy atom. The first kappa shape index (κ1) is 13.1. The van der Waals surface area contributed by atoms with Crippen molar-refractivity contribution in [3.05, 3.63) is 35.5 Å². The highest BCUT2D eigenvalue weighted by Crippen LogP contribution is 2.27. The molecule has 5 nitrogen and oxygen atoms in total. The second kappa shape index (κ2) is 4.72. The van der Waals surface area contributed by atoms with Gasteiger partial charge in [0.1, 0.15) is 11.5 Å². The van der Waals surface area contributed by atoms with Crippen LogP contribution >= 0.6 is 0 Å². The first-order valence-electron chi connectivity index (χ1n) is 5.56. The fraction of sp³-hybridized carbons (Fsp3) is 0.231. The summed E-state index contributed by atoms with van der Waals surface area (Å²) in [6, 6.07) is 4.24. The van der Waals surface area contributed by atoms with Crippen LogP contribution in [0.25, 0.3) is 11.3 Å². The van der Waals surface area contributed by atoms with Gasteiger partial charge in [0.25, 0.3) is 0 Å². The van der Waals surface area contributed by atoms with Crippen LogP contribution in [0.5, 0.6) is 5.75 Å². The highest BCUT2D eigenvalue weighted by Gasteiger charge is 2.20. The topological polar surface area (TPSA) is 64.4 Å². The molecule has 0 saturated heterocycles. The van der Waals surface area contributed by atoms with Crippen molar-refractivity contribution < 1.29 is 19.0 Å². The van der Waals surface area contributed by atoms with Gasteiger partial charge in [-0.15, -0.1) is 0 Å². The number of imidazole rings is 1. The van der Waals surface area contributed by atoms with Crippen molar-refractivity contribution in [3.63, 3.8) is 0 Å². The zero-order chi connectivity index (χ0) is 14.2. The maximum absolute atomic E-state index is 13.7. The molecule has 19 heavy (non-hydrogen) atoms. The Balaban J connectivity index is 2.62. The lowest BCUT2D eigenvalue weighted by Crippen LogP contribution is -2.06. The number of aryl methyl sites for hydroxylation is 1. The van der Waals surface area contributed by atoms with E-state index in [4.69, 9.17) is 4.74 Å². The van der Waals surface area contributed by atoms with Gasteiger partial charge in [0, 0.05) is 12.6 Å². The van der Waals surface area contributed by atoms with Gasteiger partial charge in [-0.05, 0) is 25.1 Å². The van der Waals surface area contributed by atoms with E-state index in [-0.39, 0.29) is 17.1 Å². The van der Waals surface area contributed by atoms with Crippen LogP contribution in [0.4, 0.5) is 4.39 Å². The second-order valence-electron chi connectivity index (χ2n) is 4.07. The number of carboxylic acids is 1. The van der Waals surface area contributed by atoms with E-state index in [1.807, 2.05) is 0 Å². The molecular formula is C13H13FN2O3. The van der Waals surface area contributed by atoms with Gasteiger partial charge in [0.15, 0.2) is 17.3 Å². The van der Waals surface area contributed by atoms with Crippen molar-refractivity contribution in [1.82, 2.24) is 9.55 Å². The Morgan fingerprint density at radius 1 is 1.47 bits per heavy atom. The SMILES string of the molecule is COc1ccc(-c2nc(C)n(C)c2C(=O)O)cc1F. The number of hydrogen-bond donors (Lipinski definition) is 1. The van der Waals surface area contributed by atoms with Crippen molar-refractivity contribution >= 4 is 5.97 Å². The molecule has 0 saturated carbocycles. The molecule has 0 unspecified atom stereocenters. The molecule has 1 aromatic heterocycles. The molecule has 0 amide bonds. The van der Waals surface area contributed by atoms with E-state index in [1.165, 1.54) is 23.8 Å². The largest absolute Gasteiger partial charge is 0.494 e. The average molecular weight is 264 g/mol. The summed E-state index contributed by atoms with van der Waals surface area (Å²) < 4.78 is 20.0. The standard InChI is InChI=1S/C13H13FN2O3/c1-7-15-11(12(13(17)18)16(7)2)8-4-5-10(19-3)9(14)6-8/h4-6H,1-3H3,(H,17,18). The van der Waals surface area contributed by atoms with Crippen LogP contribution in [-0.2, 0) is 7.05 Å². The number of methoxy groups -OCH3 is 1. The lowest BCUT2D eigenvalue weighted by atomic mass is 10.1. The van der Waals surface area contributed by atoms with Crippen molar-refractivity contribution in [2.24, 2.45) is 7.05 Å². The Hall–Kier alpha value is -2.37. The lowest BCUT2D eigenvalue weighted by Gasteiger charge is -2.05. The van der Waals surface area contributed by atoms with Crippen molar-refractivity contribution in [2.75, 3.05) is 7.11 Å². The van der Waals surface area contributed by atoms with E-state index in [1.54, 1.807) is 20.0 Å². The third kappa shape index (κ3) is 2.16. The molecule has 2 rings (SSSR count). The van der Waals surface area contributed by atoms with E-state index >= 15 is 0 Å². The fourth-order valence-corrected chi connectivity index (χ4v) is 1.87. The van der Waals surface area contributed by atoms with Crippen LogP contribution in [0.1, 0.15) is 16.3 Å². The summed E-state index contributed by atoms with van der Waals surface area (Å²) in [5, 5.41) is 9.21. The zero-order valence-corrected chi connectivity index (χ0v) is 10.8. The van der Waals surface area contributed by atoms with Crippen LogP contribution in [-0.4, -0.2) is 27.7 Å². The van der Waals surface area contributed by atoms with Gasteiger partial charge in [0.2, 0.25) is 0 Å². The van der Waals surface area contributed by atoms with Crippen molar-refractivity contribution in [1.29, 1.82) is 0 Å². The smallest absolute Gasteiger partial charge is 0.354 e. The molecule has 0 bridgehead atoms. The second-order valence-corrected chi connectivity index (χ2v) is 4.07. The Kier molecular flexibility index (Phi) is 3.25. The van der Waals surface area contributed by atoms with Gasteiger partial charge in [-0.3, -0.25) is 0 Å². The van der Waals surface area contributed by atoms with Gasteiger partial charge in [-0.25, -0.2) is 14.2 Å². The van der Waals surface area contributed by atoms with Gasteiger partial charge in [-0.2, -0.15) is 0 Å². The first-order chi connectivity index (χ1) is 8.95. The van der Waals surface area contributed by atoms with E-state index in [9.17, 15) is 14.3 Å². The predicted molar refractivity (Wildman–Crippen MR) is 66.9 cm³/mol. The predicted octanol–water partition coefficient (Wildman–Crippen LogP) is 2.24. The van der Waals surface area contributed by atoms with Gasteiger partial charge < -0.3 is 14.4 Å². The Morgan fingerprint density at radius 2 is 2.16 bits per heavy atom. The number of aromatic nitrogens is 2. The molecule has 0 atom stereocenters. The molecule has 0 spiro atoms. The summed E-state index contributed by atoms with van der Waals surface area (Å²) in [7, 11) is 2.97. The number of benzene rings is 1.